The van der Waals surface area contributed by atoms with Crippen LogP contribution in [0.4, 0.5) is 0 Å². The number of aromatic nitrogens is 1. The van der Waals surface area contributed by atoms with Crippen molar-refractivity contribution < 1.29 is 14.3 Å². The topological polar surface area (TPSA) is 68.3 Å². The summed E-state index contributed by atoms with van der Waals surface area (Å²) in [4.78, 5) is 26.8. The van der Waals surface area contributed by atoms with Gasteiger partial charge < -0.3 is 4.74 Å². The normalized spacial score (nSPS) is 19.3. The van der Waals surface area contributed by atoms with E-state index in [1.807, 2.05) is 24.3 Å². The summed E-state index contributed by atoms with van der Waals surface area (Å²) < 4.78 is 5.55. The fraction of sp³-hybridized carbons (Fsp3) is 0.214. The molecule has 2 heterocycles. The van der Waals surface area contributed by atoms with Crippen LogP contribution in [0.5, 0.6) is 5.88 Å². The minimum absolute atomic E-state index is 0.253. The van der Waals surface area contributed by atoms with Crippen LogP contribution in [-0.4, -0.2) is 22.9 Å². The number of hydrogen-bond donors (Lipinski definition) is 1. The van der Waals surface area contributed by atoms with E-state index < -0.39 is 12.0 Å². The van der Waals surface area contributed by atoms with E-state index >= 15 is 0 Å². The Morgan fingerprint density at radius 3 is 2.79 bits per heavy atom. The number of amides is 2. The van der Waals surface area contributed by atoms with Crippen LogP contribution in [0.2, 0.25) is 0 Å². The third-order valence-corrected chi connectivity index (χ3v) is 3.06. The average Bonchev–Trinajstić information content (AvgIpc) is 2.42. The van der Waals surface area contributed by atoms with Gasteiger partial charge in [0.1, 0.15) is 0 Å². The van der Waals surface area contributed by atoms with E-state index in [4.69, 9.17) is 4.74 Å². The van der Waals surface area contributed by atoms with Gasteiger partial charge in [-0.3, -0.25) is 14.9 Å². The smallest absolute Gasteiger partial charge is 0.267 e. The van der Waals surface area contributed by atoms with Crippen molar-refractivity contribution in [3.63, 3.8) is 0 Å². The molecular weight excluding hydrogens is 244 g/mol. The minimum Gasteiger partial charge on any atom is -0.464 e. The zero-order valence-corrected chi connectivity index (χ0v) is 10.1. The van der Waals surface area contributed by atoms with Gasteiger partial charge in [0.2, 0.25) is 11.8 Å². The second-order valence-electron chi connectivity index (χ2n) is 4.43. The number of rotatable bonds is 2. The van der Waals surface area contributed by atoms with E-state index in [9.17, 15) is 9.59 Å². The summed E-state index contributed by atoms with van der Waals surface area (Å²) in [6.07, 6.45) is 1.74. The Balaban J connectivity index is 1.81. The van der Waals surface area contributed by atoms with E-state index in [0.29, 0.717) is 18.7 Å². The molecule has 1 saturated heterocycles. The molecule has 1 fully saturated rings. The highest BCUT2D eigenvalue weighted by atomic mass is 16.5. The Hall–Kier alpha value is -2.43. The lowest BCUT2D eigenvalue weighted by Gasteiger charge is -2.21. The lowest BCUT2D eigenvalue weighted by atomic mass is 10.1. The third kappa shape index (κ3) is 2.40. The Morgan fingerprint density at radius 2 is 2.00 bits per heavy atom. The van der Waals surface area contributed by atoms with Crippen molar-refractivity contribution in [2.75, 3.05) is 0 Å². The first-order valence-electron chi connectivity index (χ1n) is 6.07. The summed E-state index contributed by atoms with van der Waals surface area (Å²) in [5, 5.41) is 4.27. The summed E-state index contributed by atoms with van der Waals surface area (Å²) in [7, 11) is 0. The standard InChI is InChI=1S/C14H12N2O3/c17-12-6-5-11(14(18)16-12)19-13-7-9-3-1-2-4-10(9)8-15-13/h1-4,7-8,11H,5-6H2,(H,16,17,18). The number of ether oxygens (including phenoxy) is 1. The van der Waals surface area contributed by atoms with Crippen molar-refractivity contribution in [2.24, 2.45) is 0 Å². The molecule has 3 rings (SSSR count). The van der Waals surface area contributed by atoms with Crippen LogP contribution in [0.1, 0.15) is 12.8 Å². The molecule has 1 aliphatic heterocycles. The molecule has 0 radical (unpaired) electrons. The van der Waals surface area contributed by atoms with Gasteiger partial charge in [-0.05, 0) is 5.39 Å². The molecule has 96 valence electrons. The third-order valence-electron chi connectivity index (χ3n) is 3.06. The van der Waals surface area contributed by atoms with Gasteiger partial charge in [0.05, 0.1) is 0 Å². The van der Waals surface area contributed by atoms with Gasteiger partial charge in [-0.15, -0.1) is 0 Å². The Kier molecular flexibility index (Phi) is 2.87. The summed E-state index contributed by atoms with van der Waals surface area (Å²) in [6.45, 7) is 0. The number of imide groups is 1. The van der Waals surface area contributed by atoms with Crippen molar-refractivity contribution in [2.45, 2.75) is 18.9 Å². The number of carbonyl (C=O) groups is 2. The molecule has 2 amide bonds. The van der Waals surface area contributed by atoms with Gasteiger partial charge in [0.15, 0.2) is 6.10 Å². The van der Waals surface area contributed by atoms with Crippen LogP contribution < -0.4 is 10.1 Å². The summed E-state index contributed by atoms with van der Waals surface area (Å²) in [6, 6.07) is 9.56. The van der Waals surface area contributed by atoms with Crippen LogP contribution >= 0.6 is 0 Å². The van der Waals surface area contributed by atoms with E-state index in [1.54, 1.807) is 12.3 Å². The van der Waals surface area contributed by atoms with Gasteiger partial charge in [0, 0.05) is 30.5 Å². The van der Waals surface area contributed by atoms with Gasteiger partial charge in [-0.25, -0.2) is 4.98 Å². The molecule has 19 heavy (non-hydrogen) atoms. The molecule has 1 aliphatic rings. The number of benzene rings is 1. The predicted molar refractivity (Wildman–Crippen MR) is 68.5 cm³/mol. The highest BCUT2D eigenvalue weighted by Crippen LogP contribution is 2.20. The summed E-state index contributed by atoms with van der Waals surface area (Å²) in [5.41, 5.74) is 0. The molecule has 0 aliphatic carbocycles. The molecule has 1 N–H and O–H groups in total. The maximum absolute atomic E-state index is 11.6. The van der Waals surface area contributed by atoms with Crippen LogP contribution in [0.3, 0.4) is 0 Å². The van der Waals surface area contributed by atoms with Gasteiger partial charge >= 0.3 is 0 Å². The van der Waals surface area contributed by atoms with Crippen LogP contribution in [-0.2, 0) is 9.59 Å². The second kappa shape index (κ2) is 4.68. The first kappa shape index (κ1) is 11.6. The van der Waals surface area contributed by atoms with Crippen molar-refractivity contribution in [1.29, 1.82) is 0 Å². The van der Waals surface area contributed by atoms with Crippen LogP contribution in [0.25, 0.3) is 10.8 Å². The Bertz CT molecular complexity index is 654. The van der Waals surface area contributed by atoms with Crippen molar-refractivity contribution >= 4 is 22.6 Å². The maximum atomic E-state index is 11.6. The first-order valence-corrected chi connectivity index (χ1v) is 6.07. The number of nitrogens with zero attached hydrogens (tertiary/aromatic N) is 1. The van der Waals surface area contributed by atoms with E-state index in [1.165, 1.54) is 0 Å². The summed E-state index contributed by atoms with van der Waals surface area (Å²) in [5.74, 6) is -0.254. The molecule has 5 nitrogen and oxygen atoms in total. The number of piperidine rings is 1. The molecule has 0 bridgehead atoms. The SMILES string of the molecule is O=C1CCC(Oc2cc3ccccc3cn2)C(=O)N1. The van der Waals surface area contributed by atoms with Crippen molar-refractivity contribution in [3.8, 4) is 5.88 Å². The van der Waals surface area contributed by atoms with E-state index in [2.05, 4.69) is 10.3 Å². The number of pyridine rings is 1. The van der Waals surface area contributed by atoms with Crippen LogP contribution in [0.15, 0.2) is 36.5 Å². The van der Waals surface area contributed by atoms with Crippen LogP contribution in [0, 0.1) is 0 Å². The highest BCUT2D eigenvalue weighted by Gasteiger charge is 2.28. The molecule has 1 aromatic heterocycles. The van der Waals surface area contributed by atoms with E-state index in [0.717, 1.165) is 10.8 Å². The molecule has 0 spiro atoms. The molecule has 1 atom stereocenters. The zero-order chi connectivity index (χ0) is 13.2. The number of carbonyl (C=O) groups excluding carboxylic acids is 2. The fourth-order valence-electron chi connectivity index (χ4n) is 2.06. The molecule has 1 aromatic carbocycles. The largest absolute Gasteiger partial charge is 0.464 e. The quantitative estimate of drug-likeness (QED) is 0.825. The minimum atomic E-state index is -0.647. The molecular formula is C14H12N2O3. The number of nitrogens with one attached hydrogen (secondary N) is 1. The van der Waals surface area contributed by atoms with Gasteiger partial charge in [-0.2, -0.15) is 0 Å². The van der Waals surface area contributed by atoms with Crippen molar-refractivity contribution in [3.05, 3.63) is 36.5 Å². The van der Waals surface area contributed by atoms with Crippen molar-refractivity contribution in [1.82, 2.24) is 10.3 Å². The number of hydrogen-bond acceptors (Lipinski definition) is 4. The second-order valence-corrected chi connectivity index (χ2v) is 4.43. The van der Waals surface area contributed by atoms with Gasteiger partial charge in [0.25, 0.3) is 5.91 Å². The number of fused-ring (bicyclic) bond motifs is 1. The fourth-order valence-corrected chi connectivity index (χ4v) is 2.06. The monoisotopic (exact) mass is 256 g/mol. The highest BCUT2D eigenvalue weighted by molar-refractivity contribution is 5.99. The lowest BCUT2D eigenvalue weighted by Crippen LogP contribution is -2.46. The molecule has 1 unspecified atom stereocenters. The molecule has 2 aromatic rings. The molecule has 0 saturated carbocycles. The average molecular weight is 256 g/mol. The Labute approximate surface area is 109 Å². The first-order chi connectivity index (χ1) is 9.22. The predicted octanol–water partition coefficient (Wildman–Crippen LogP) is 1.42. The molecule has 5 heteroatoms. The lowest BCUT2D eigenvalue weighted by molar-refractivity contribution is -0.139. The Morgan fingerprint density at radius 1 is 1.21 bits per heavy atom. The maximum Gasteiger partial charge on any atom is 0.267 e. The van der Waals surface area contributed by atoms with E-state index in [-0.39, 0.29) is 5.91 Å². The van der Waals surface area contributed by atoms with Gasteiger partial charge in [-0.1, -0.05) is 24.3 Å². The zero-order valence-electron chi connectivity index (χ0n) is 10.1. The summed E-state index contributed by atoms with van der Waals surface area (Å²) >= 11 is 0.